The average Bonchev–Trinajstić information content (AvgIpc) is 2.66. The summed E-state index contributed by atoms with van der Waals surface area (Å²) < 4.78 is 5.18. The first kappa shape index (κ1) is 16.8. The molecule has 0 radical (unpaired) electrons. The fraction of sp³-hybridized carbons (Fsp3) is 0.190. The summed E-state index contributed by atoms with van der Waals surface area (Å²) in [6.07, 6.45) is 0.801. The summed E-state index contributed by atoms with van der Waals surface area (Å²) >= 11 is 0. The predicted octanol–water partition coefficient (Wildman–Crippen LogP) is 5.12. The number of carbonyl (C=O) groups is 1. The highest BCUT2D eigenvalue weighted by atomic mass is 16.5. The van der Waals surface area contributed by atoms with Crippen LogP contribution in [0, 0.1) is 0 Å². The third kappa shape index (κ3) is 3.91. The molecule has 0 aliphatic heterocycles. The number of benzene rings is 3. The lowest BCUT2D eigenvalue weighted by atomic mass is 10.0. The van der Waals surface area contributed by atoms with Gasteiger partial charge in [0.1, 0.15) is 5.75 Å². The Morgan fingerprint density at radius 3 is 2.44 bits per heavy atom. The highest BCUT2D eigenvalue weighted by molar-refractivity contribution is 6.01. The second-order valence-electron chi connectivity index (χ2n) is 5.86. The topological polar surface area (TPSA) is 50.4 Å². The number of fused-ring (bicyclic) bond motifs is 1. The summed E-state index contributed by atoms with van der Waals surface area (Å²) in [5.41, 5.74) is 1.86. The molecule has 3 aromatic carbocycles. The van der Waals surface area contributed by atoms with Gasteiger partial charge in [-0.2, -0.15) is 0 Å². The van der Waals surface area contributed by atoms with Gasteiger partial charge >= 0.3 is 6.03 Å². The zero-order chi connectivity index (χ0) is 17.6. The number of amides is 2. The molecule has 4 nitrogen and oxygen atoms in total. The van der Waals surface area contributed by atoms with E-state index >= 15 is 0 Å². The Labute approximate surface area is 147 Å². The van der Waals surface area contributed by atoms with Crippen LogP contribution in [-0.2, 0) is 0 Å². The minimum Gasteiger partial charge on any atom is -0.497 e. The van der Waals surface area contributed by atoms with Gasteiger partial charge in [-0.25, -0.2) is 4.79 Å². The van der Waals surface area contributed by atoms with Crippen molar-refractivity contribution < 1.29 is 9.53 Å². The van der Waals surface area contributed by atoms with Gasteiger partial charge in [0.05, 0.1) is 18.8 Å². The van der Waals surface area contributed by atoms with Crippen molar-refractivity contribution in [3.05, 3.63) is 72.3 Å². The summed E-state index contributed by atoms with van der Waals surface area (Å²) in [5.74, 6) is 0.804. The minimum absolute atomic E-state index is 0.0547. The molecular formula is C21H22N2O2. The Bertz CT molecular complexity index is 854. The van der Waals surface area contributed by atoms with Gasteiger partial charge in [-0.1, -0.05) is 55.5 Å². The fourth-order valence-corrected chi connectivity index (χ4v) is 2.91. The zero-order valence-electron chi connectivity index (χ0n) is 14.5. The molecule has 2 N–H and O–H groups in total. The fourth-order valence-electron chi connectivity index (χ4n) is 2.91. The van der Waals surface area contributed by atoms with Gasteiger partial charge in [-0.05, 0) is 35.6 Å². The van der Waals surface area contributed by atoms with Gasteiger partial charge in [-0.3, -0.25) is 0 Å². The molecule has 0 bridgehead atoms. The van der Waals surface area contributed by atoms with Crippen molar-refractivity contribution in [3.63, 3.8) is 0 Å². The maximum atomic E-state index is 12.5. The molecule has 0 spiro atoms. The van der Waals surface area contributed by atoms with E-state index in [2.05, 4.69) is 10.6 Å². The van der Waals surface area contributed by atoms with E-state index in [0.717, 1.165) is 34.2 Å². The molecule has 0 aliphatic rings. The highest BCUT2D eigenvalue weighted by Gasteiger charge is 2.13. The summed E-state index contributed by atoms with van der Waals surface area (Å²) in [4.78, 5) is 12.5. The first-order valence-electron chi connectivity index (χ1n) is 8.40. The van der Waals surface area contributed by atoms with E-state index in [1.165, 1.54) is 0 Å². The summed E-state index contributed by atoms with van der Waals surface area (Å²) in [6.45, 7) is 2.05. The number of carbonyl (C=O) groups excluding carboxylic acids is 1. The van der Waals surface area contributed by atoms with E-state index in [1.807, 2.05) is 73.7 Å². The quantitative estimate of drug-likeness (QED) is 0.680. The van der Waals surface area contributed by atoms with Crippen LogP contribution < -0.4 is 15.4 Å². The number of methoxy groups -OCH3 is 1. The third-order valence-electron chi connectivity index (χ3n) is 4.27. The number of rotatable bonds is 5. The Morgan fingerprint density at radius 1 is 1.00 bits per heavy atom. The van der Waals surface area contributed by atoms with Crippen LogP contribution in [0.15, 0.2) is 66.7 Å². The largest absolute Gasteiger partial charge is 0.497 e. The van der Waals surface area contributed by atoms with Gasteiger partial charge in [0.2, 0.25) is 0 Å². The van der Waals surface area contributed by atoms with E-state index in [-0.39, 0.29) is 12.1 Å². The second-order valence-corrected chi connectivity index (χ2v) is 5.86. The lowest BCUT2D eigenvalue weighted by Gasteiger charge is -2.19. The number of hydrogen-bond acceptors (Lipinski definition) is 2. The van der Waals surface area contributed by atoms with Gasteiger partial charge < -0.3 is 15.4 Å². The standard InChI is InChI=1S/C21H22N2O2/c1-3-19(16-11-13-17(25-2)14-12-16)22-21(24)23-20-10-6-8-15-7-4-5-9-18(15)20/h4-14,19H,3H2,1-2H3,(H2,22,23,24). The van der Waals surface area contributed by atoms with Crippen LogP contribution in [0.5, 0.6) is 5.75 Å². The van der Waals surface area contributed by atoms with E-state index in [9.17, 15) is 4.79 Å². The molecule has 128 valence electrons. The smallest absolute Gasteiger partial charge is 0.319 e. The monoisotopic (exact) mass is 334 g/mol. The number of anilines is 1. The van der Waals surface area contributed by atoms with Gasteiger partial charge in [-0.15, -0.1) is 0 Å². The van der Waals surface area contributed by atoms with Crippen LogP contribution in [-0.4, -0.2) is 13.1 Å². The van der Waals surface area contributed by atoms with Crippen molar-refractivity contribution in [2.24, 2.45) is 0 Å². The average molecular weight is 334 g/mol. The number of urea groups is 1. The molecule has 4 heteroatoms. The maximum Gasteiger partial charge on any atom is 0.319 e. The molecule has 25 heavy (non-hydrogen) atoms. The Morgan fingerprint density at radius 2 is 1.72 bits per heavy atom. The predicted molar refractivity (Wildman–Crippen MR) is 102 cm³/mol. The van der Waals surface area contributed by atoms with Crippen molar-refractivity contribution in [2.75, 3.05) is 12.4 Å². The first-order valence-corrected chi connectivity index (χ1v) is 8.40. The Kier molecular flexibility index (Phi) is 5.19. The Hall–Kier alpha value is -3.01. The summed E-state index contributed by atoms with van der Waals surface area (Å²) in [7, 11) is 1.64. The lowest BCUT2D eigenvalue weighted by Crippen LogP contribution is -2.32. The second kappa shape index (κ2) is 7.71. The van der Waals surface area contributed by atoms with Gasteiger partial charge in [0, 0.05) is 5.39 Å². The van der Waals surface area contributed by atoms with E-state index in [0.29, 0.717) is 0 Å². The molecular weight excluding hydrogens is 312 g/mol. The lowest BCUT2D eigenvalue weighted by molar-refractivity contribution is 0.248. The molecule has 0 fully saturated rings. The number of ether oxygens (including phenoxy) is 1. The van der Waals surface area contributed by atoms with E-state index in [4.69, 9.17) is 4.74 Å². The maximum absolute atomic E-state index is 12.5. The highest BCUT2D eigenvalue weighted by Crippen LogP contribution is 2.24. The van der Waals surface area contributed by atoms with Crippen LogP contribution in [0.1, 0.15) is 24.9 Å². The molecule has 2 amide bonds. The van der Waals surface area contributed by atoms with Crippen LogP contribution in [0.25, 0.3) is 10.8 Å². The van der Waals surface area contributed by atoms with Crippen molar-refractivity contribution in [1.29, 1.82) is 0 Å². The van der Waals surface area contributed by atoms with Crippen molar-refractivity contribution in [3.8, 4) is 5.75 Å². The zero-order valence-corrected chi connectivity index (χ0v) is 14.5. The van der Waals surface area contributed by atoms with Crippen molar-refractivity contribution in [2.45, 2.75) is 19.4 Å². The van der Waals surface area contributed by atoms with Crippen molar-refractivity contribution >= 4 is 22.5 Å². The van der Waals surface area contributed by atoms with Crippen LogP contribution in [0.4, 0.5) is 10.5 Å². The molecule has 0 saturated carbocycles. The summed E-state index contributed by atoms with van der Waals surface area (Å²) in [5, 5.41) is 8.14. The molecule has 1 atom stereocenters. The molecule has 0 aliphatic carbocycles. The first-order chi connectivity index (χ1) is 12.2. The Balaban J connectivity index is 1.73. The van der Waals surface area contributed by atoms with Crippen LogP contribution >= 0.6 is 0 Å². The minimum atomic E-state index is -0.209. The third-order valence-corrected chi connectivity index (χ3v) is 4.27. The van der Waals surface area contributed by atoms with E-state index < -0.39 is 0 Å². The SMILES string of the molecule is CCC(NC(=O)Nc1cccc2ccccc12)c1ccc(OC)cc1. The molecule has 1 unspecified atom stereocenters. The molecule has 0 heterocycles. The number of hydrogen-bond donors (Lipinski definition) is 2. The van der Waals surface area contributed by atoms with Crippen LogP contribution in [0.3, 0.4) is 0 Å². The van der Waals surface area contributed by atoms with Crippen molar-refractivity contribution in [1.82, 2.24) is 5.32 Å². The molecule has 0 saturated heterocycles. The van der Waals surface area contributed by atoms with Crippen LogP contribution in [0.2, 0.25) is 0 Å². The molecule has 3 rings (SSSR count). The summed E-state index contributed by atoms with van der Waals surface area (Å²) in [6, 6.07) is 21.4. The molecule has 3 aromatic rings. The molecule has 0 aromatic heterocycles. The van der Waals surface area contributed by atoms with Gasteiger partial charge in [0.25, 0.3) is 0 Å². The normalized spacial score (nSPS) is 11.8. The van der Waals surface area contributed by atoms with E-state index in [1.54, 1.807) is 7.11 Å². The van der Waals surface area contributed by atoms with Gasteiger partial charge in [0.15, 0.2) is 0 Å². The number of nitrogens with one attached hydrogen (secondary N) is 2.